The quantitative estimate of drug-likeness (QED) is 0.156. The van der Waals surface area contributed by atoms with Crippen LogP contribution in [0.25, 0.3) is 17.0 Å². The molecule has 14 heteroatoms. The van der Waals surface area contributed by atoms with Gasteiger partial charge in [-0.15, -0.1) is 0 Å². The molecule has 1 aliphatic rings. The van der Waals surface area contributed by atoms with E-state index >= 15 is 0 Å². The van der Waals surface area contributed by atoms with Crippen LogP contribution in [0.3, 0.4) is 0 Å². The molecule has 2 heterocycles. The first-order valence-corrected chi connectivity index (χ1v) is 17.9. The summed E-state index contributed by atoms with van der Waals surface area (Å²) in [5.41, 5.74) is 3.39. The van der Waals surface area contributed by atoms with Gasteiger partial charge < -0.3 is 18.6 Å². The van der Waals surface area contributed by atoms with E-state index in [9.17, 15) is 21.4 Å². The third-order valence-electron chi connectivity index (χ3n) is 6.62. The van der Waals surface area contributed by atoms with Gasteiger partial charge in [-0.25, -0.2) is 8.42 Å². The number of anilines is 1. The molecule has 0 atom stereocenters. The normalized spacial score (nSPS) is 14.7. The third kappa shape index (κ3) is 9.93. The molecule has 1 N–H and O–H groups in total. The molecule has 1 aromatic heterocycles. The zero-order valence-electron chi connectivity index (χ0n) is 23.3. The van der Waals surface area contributed by atoms with Gasteiger partial charge in [0.2, 0.25) is 5.88 Å². The second-order valence-corrected chi connectivity index (χ2v) is 14.6. The van der Waals surface area contributed by atoms with Gasteiger partial charge >= 0.3 is 29.6 Å². The van der Waals surface area contributed by atoms with E-state index in [4.69, 9.17) is 13.7 Å². The molecule has 0 saturated carbocycles. The predicted molar refractivity (Wildman–Crippen MR) is 166 cm³/mol. The van der Waals surface area contributed by atoms with Crippen molar-refractivity contribution in [3.63, 3.8) is 0 Å². The first kappa shape index (κ1) is 35.3. The Bertz CT molecular complexity index is 1700. The summed E-state index contributed by atoms with van der Waals surface area (Å²) in [6.45, 7) is 2.47. The van der Waals surface area contributed by atoms with Crippen molar-refractivity contribution in [3.8, 4) is 5.75 Å². The minimum atomic E-state index is -4.28. The van der Waals surface area contributed by atoms with E-state index < -0.39 is 26.0 Å². The van der Waals surface area contributed by atoms with Crippen LogP contribution in [0.1, 0.15) is 50.4 Å². The van der Waals surface area contributed by atoms with Gasteiger partial charge in [0.25, 0.3) is 10.1 Å². The summed E-state index contributed by atoms with van der Waals surface area (Å²) >= 11 is 7.01. The zero-order chi connectivity index (χ0) is 29.8. The molecule has 42 heavy (non-hydrogen) atoms. The van der Waals surface area contributed by atoms with Gasteiger partial charge in [0.15, 0.2) is 5.75 Å². The number of fused-ring (bicyclic) bond motifs is 2. The van der Waals surface area contributed by atoms with E-state index in [1.807, 2.05) is 60.4 Å². The second-order valence-electron chi connectivity index (χ2n) is 9.72. The molecule has 1 aliphatic heterocycles. The summed E-state index contributed by atoms with van der Waals surface area (Å²) in [5, 5.41) is 0.921. The van der Waals surface area contributed by atoms with Crippen LogP contribution < -0.4 is 39.2 Å². The molecule has 9 nitrogen and oxygen atoms in total. The van der Waals surface area contributed by atoms with Crippen molar-refractivity contribution in [3.05, 3.63) is 74.2 Å². The van der Waals surface area contributed by atoms with E-state index in [0.717, 1.165) is 31.2 Å². The SMILES string of the molecule is CCC(=C/c1oc2ccc(Br)cc2c1CCCCS(=O)(=O)O)/C=C1/Oc2ccc(Br)cc2N1CCCCS(=O)(=O)[O-].[Na+]. The van der Waals surface area contributed by atoms with E-state index in [1.165, 1.54) is 0 Å². The summed E-state index contributed by atoms with van der Waals surface area (Å²) in [7, 11) is -8.30. The van der Waals surface area contributed by atoms with Crippen molar-refractivity contribution in [2.75, 3.05) is 23.0 Å². The average molecular weight is 755 g/mol. The number of rotatable bonds is 13. The van der Waals surface area contributed by atoms with Crippen LogP contribution in [-0.4, -0.2) is 44.0 Å². The number of hydrogen-bond donors (Lipinski definition) is 1. The number of allylic oxidation sites excluding steroid dienone is 2. The number of nitrogens with zero attached hydrogens (tertiary/aromatic N) is 1. The summed E-state index contributed by atoms with van der Waals surface area (Å²) in [6.07, 6.45) is 6.66. The number of ether oxygens (including phenoxy) is 1. The van der Waals surface area contributed by atoms with Crippen LogP contribution >= 0.6 is 31.9 Å². The van der Waals surface area contributed by atoms with Crippen molar-refractivity contribution in [2.24, 2.45) is 0 Å². The Morgan fingerprint density at radius 2 is 1.69 bits per heavy atom. The molecule has 0 spiro atoms. The van der Waals surface area contributed by atoms with E-state index in [1.54, 1.807) is 0 Å². The number of aryl methyl sites for hydroxylation is 1. The number of unbranched alkanes of at least 4 members (excludes halogenated alkanes) is 2. The van der Waals surface area contributed by atoms with Crippen LogP contribution in [-0.2, 0) is 26.7 Å². The number of furan rings is 1. The van der Waals surface area contributed by atoms with Gasteiger partial charge in [0.1, 0.15) is 11.3 Å². The van der Waals surface area contributed by atoms with Crippen molar-refractivity contribution in [1.82, 2.24) is 0 Å². The molecular weight excluding hydrogens is 725 g/mol. The molecule has 3 aromatic rings. The minimum absolute atomic E-state index is 0. The largest absolute Gasteiger partial charge is 1.00 e. The number of halogens is 2. The second kappa shape index (κ2) is 15.2. The fourth-order valence-corrected chi connectivity index (χ4v) is 6.47. The fourth-order valence-electron chi connectivity index (χ4n) is 4.63. The maximum absolute atomic E-state index is 11.2. The van der Waals surface area contributed by atoms with Gasteiger partial charge in [-0.05, 0) is 86.6 Å². The van der Waals surface area contributed by atoms with Gasteiger partial charge in [-0.3, -0.25) is 4.55 Å². The summed E-state index contributed by atoms with van der Waals surface area (Å²) in [4.78, 5) is 1.97. The smallest absolute Gasteiger partial charge is 0.748 e. The molecule has 0 aliphatic carbocycles. The van der Waals surface area contributed by atoms with Gasteiger partial charge in [-0.1, -0.05) is 38.8 Å². The first-order chi connectivity index (χ1) is 19.3. The zero-order valence-corrected chi connectivity index (χ0v) is 30.1. The van der Waals surface area contributed by atoms with E-state index in [-0.39, 0.29) is 41.7 Å². The Balaban J connectivity index is 0.00000484. The summed E-state index contributed by atoms with van der Waals surface area (Å²) in [6, 6.07) is 11.4. The Hall–Kier alpha value is -1.16. The Morgan fingerprint density at radius 1 is 1.00 bits per heavy atom. The van der Waals surface area contributed by atoms with E-state index in [0.29, 0.717) is 61.6 Å². The standard InChI is InChI=1S/C28H31Br2NO8S2.Na/c1-2-19(15-27-22(7-3-5-13-40(32,33)34)23-17-20(29)8-10-25(23)38-27)16-28-31(12-4-6-14-41(35,36)37)24-18-21(30)9-11-26(24)39-28;/h8-11,15-18H,2-7,12-14H2,1H3,(H,32,33,34)(H,35,36,37);/q;+1/p-1/b19-15-,28-16+;. The molecule has 0 amide bonds. The monoisotopic (exact) mass is 753 g/mol. The van der Waals surface area contributed by atoms with Crippen molar-refractivity contribution < 1.29 is 64.7 Å². The van der Waals surface area contributed by atoms with Gasteiger partial charge in [-0.2, -0.15) is 8.42 Å². The molecule has 0 radical (unpaired) electrons. The molecule has 0 saturated heterocycles. The summed E-state index contributed by atoms with van der Waals surface area (Å²) < 4.78 is 78.8. The molecular formula is C28H30Br2NNaO8S2. The Kier molecular flexibility index (Phi) is 12.8. The summed E-state index contributed by atoms with van der Waals surface area (Å²) in [5.74, 6) is 1.18. The Labute approximate surface area is 285 Å². The minimum Gasteiger partial charge on any atom is -0.748 e. The number of hydrogen-bond acceptors (Lipinski definition) is 8. The van der Waals surface area contributed by atoms with Crippen LogP contribution in [0.5, 0.6) is 5.75 Å². The topological polar surface area (TPSA) is 137 Å². The van der Waals surface area contributed by atoms with Crippen LogP contribution in [0, 0.1) is 0 Å². The van der Waals surface area contributed by atoms with Crippen LogP contribution in [0.4, 0.5) is 5.69 Å². The van der Waals surface area contributed by atoms with E-state index in [2.05, 4.69) is 31.9 Å². The van der Waals surface area contributed by atoms with Gasteiger partial charge in [0, 0.05) is 38.3 Å². The molecule has 0 fully saturated rings. The molecule has 0 bridgehead atoms. The van der Waals surface area contributed by atoms with Crippen molar-refractivity contribution in [2.45, 2.75) is 45.4 Å². The molecule has 222 valence electrons. The van der Waals surface area contributed by atoms with Crippen molar-refractivity contribution >= 4 is 74.8 Å². The molecule has 0 unspecified atom stereocenters. The predicted octanol–water partition coefficient (Wildman–Crippen LogP) is 4.03. The Morgan fingerprint density at radius 3 is 2.38 bits per heavy atom. The van der Waals surface area contributed by atoms with Gasteiger partial charge in [0.05, 0.1) is 21.6 Å². The van der Waals surface area contributed by atoms with Crippen LogP contribution in [0.2, 0.25) is 0 Å². The first-order valence-electron chi connectivity index (χ1n) is 13.1. The fraction of sp³-hybridized carbons (Fsp3) is 0.357. The van der Waals surface area contributed by atoms with Crippen LogP contribution in [0.15, 0.2) is 67.3 Å². The molecule has 4 rings (SSSR count). The average Bonchev–Trinajstić information content (AvgIpc) is 3.39. The maximum Gasteiger partial charge on any atom is 1.00 e. The number of benzene rings is 2. The van der Waals surface area contributed by atoms with Crippen molar-refractivity contribution in [1.29, 1.82) is 0 Å². The molecule has 2 aromatic carbocycles. The maximum atomic E-state index is 11.2. The third-order valence-corrected chi connectivity index (χ3v) is 9.19.